The van der Waals surface area contributed by atoms with E-state index in [1.54, 1.807) is 36.4 Å². The minimum atomic E-state index is -3.74. The first-order valence-electron chi connectivity index (χ1n) is 5.65. The van der Waals surface area contributed by atoms with Gasteiger partial charge < -0.3 is 4.18 Å². The second-order valence-corrected chi connectivity index (χ2v) is 6.87. The van der Waals surface area contributed by atoms with Crippen molar-refractivity contribution in [2.45, 2.75) is 5.75 Å². The van der Waals surface area contributed by atoms with Crippen LogP contribution in [0, 0.1) is 14.9 Å². The molecule has 0 aliphatic carbocycles. The van der Waals surface area contributed by atoms with Gasteiger partial charge >= 0.3 is 10.1 Å². The molecule has 0 saturated heterocycles. The average Bonchev–Trinajstić information content (AvgIpc) is 2.37. The van der Waals surface area contributed by atoms with Crippen LogP contribution in [0.3, 0.4) is 0 Å². The topological polar surface area (TPSA) is 67.2 Å². The summed E-state index contributed by atoms with van der Waals surface area (Å²) < 4.78 is 29.9. The highest BCUT2D eigenvalue weighted by atomic mass is 127. The molecule has 0 spiro atoms. The second-order valence-electron chi connectivity index (χ2n) is 4.05. The summed E-state index contributed by atoms with van der Waals surface area (Å²) in [6, 6.07) is 15.2. The molecule has 0 aromatic heterocycles. The molecule has 0 aliphatic heterocycles. The predicted octanol–water partition coefficient (Wildman–Crippen LogP) is 3.07. The first kappa shape index (κ1) is 14.8. The quantitative estimate of drug-likeness (QED) is 0.586. The van der Waals surface area contributed by atoms with E-state index < -0.39 is 10.1 Å². The van der Waals surface area contributed by atoms with Crippen LogP contribution in [0.15, 0.2) is 48.5 Å². The van der Waals surface area contributed by atoms with Crippen LogP contribution in [0.4, 0.5) is 0 Å². The molecule has 0 bridgehead atoms. The second kappa shape index (κ2) is 6.24. The lowest BCUT2D eigenvalue weighted by atomic mass is 10.2. The van der Waals surface area contributed by atoms with Gasteiger partial charge in [0.2, 0.25) is 0 Å². The first-order valence-corrected chi connectivity index (χ1v) is 8.31. The number of nitrogens with zero attached hydrogens (tertiary/aromatic N) is 1. The molecule has 0 saturated carbocycles. The third-order valence-corrected chi connectivity index (χ3v) is 4.22. The lowest BCUT2D eigenvalue weighted by molar-refractivity contribution is 0.485. The van der Waals surface area contributed by atoms with Crippen molar-refractivity contribution in [3.63, 3.8) is 0 Å². The maximum Gasteiger partial charge on any atom is 0.313 e. The van der Waals surface area contributed by atoms with Gasteiger partial charge in [0.15, 0.2) is 0 Å². The average molecular weight is 399 g/mol. The van der Waals surface area contributed by atoms with Gasteiger partial charge in [0.05, 0.1) is 11.6 Å². The summed E-state index contributed by atoms with van der Waals surface area (Å²) in [5.74, 6) is 0.0157. The SMILES string of the molecule is N#Cc1cccc(CS(=O)(=O)Oc2cccc(I)c2)c1. The fraction of sp³-hybridized carbons (Fsp3) is 0.0714. The van der Waals surface area contributed by atoms with Crippen molar-refractivity contribution < 1.29 is 12.6 Å². The van der Waals surface area contributed by atoms with Gasteiger partial charge in [-0.15, -0.1) is 0 Å². The molecular formula is C14H10INO3S. The highest BCUT2D eigenvalue weighted by Crippen LogP contribution is 2.18. The lowest BCUT2D eigenvalue weighted by Crippen LogP contribution is -2.12. The van der Waals surface area contributed by atoms with Gasteiger partial charge in [-0.2, -0.15) is 13.7 Å². The lowest BCUT2D eigenvalue weighted by Gasteiger charge is -2.07. The maximum atomic E-state index is 12.0. The smallest absolute Gasteiger partial charge is 0.313 e. The largest absolute Gasteiger partial charge is 0.382 e. The number of hydrogen-bond donors (Lipinski definition) is 0. The summed E-state index contributed by atoms with van der Waals surface area (Å²) in [6.45, 7) is 0. The fourth-order valence-corrected chi connectivity index (χ4v) is 3.19. The molecule has 102 valence electrons. The Morgan fingerprint density at radius 3 is 2.60 bits per heavy atom. The van der Waals surface area contributed by atoms with Crippen LogP contribution < -0.4 is 4.18 Å². The molecule has 6 heteroatoms. The van der Waals surface area contributed by atoms with E-state index in [4.69, 9.17) is 9.44 Å². The Balaban J connectivity index is 2.17. The molecule has 0 amide bonds. The number of nitriles is 1. The minimum Gasteiger partial charge on any atom is -0.382 e. The van der Waals surface area contributed by atoms with E-state index >= 15 is 0 Å². The molecule has 0 heterocycles. The van der Waals surface area contributed by atoms with Gasteiger partial charge in [-0.25, -0.2) is 0 Å². The summed E-state index contributed by atoms with van der Waals surface area (Å²) in [5.41, 5.74) is 0.946. The van der Waals surface area contributed by atoms with Gasteiger partial charge in [0.1, 0.15) is 11.5 Å². The third kappa shape index (κ3) is 4.21. The van der Waals surface area contributed by atoms with Gasteiger partial charge in [-0.1, -0.05) is 18.2 Å². The number of halogens is 1. The monoisotopic (exact) mass is 399 g/mol. The van der Waals surface area contributed by atoms with E-state index in [1.807, 2.05) is 12.1 Å². The Bertz CT molecular complexity index is 766. The van der Waals surface area contributed by atoms with Crippen molar-refractivity contribution >= 4 is 32.7 Å². The Morgan fingerprint density at radius 1 is 1.15 bits per heavy atom. The zero-order chi connectivity index (χ0) is 14.6. The molecule has 0 unspecified atom stereocenters. The van der Waals surface area contributed by atoms with Crippen LogP contribution in [0.1, 0.15) is 11.1 Å². The van der Waals surface area contributed by atoms with Crippen LogP contribution in [0.25, 0.3) is 0 Å². The van der Waals surface area contributed by atoms with E-state index in [1.165, 1.54) is 6.07 Å². The maximum absolute atomic E-state index is 12.0. The molecule has 20 heavy (non-hydrogen) atoms. The molecule has 0 radical (unpaired) electrons. The van der Waals surface area contributed by atoms with E-state index in [9.17, 15) is 8.42 Å². The van der Waals surface area contributed by atoms with E-state index in [0.29, 0.717) is 11.1 Å². The highest BCUT2D eigenvalue weighted by molar-refractivity contribution is 14.1. The Kier molecular flexibility index (Phi) is 4.62. The summed E-state index contributed by atoms with van der Waals surface area (Å²) >= 11 is 2.08. The molecule has 0 aliphatic rings. The third-order valence-electron chi connectivity index (χ3n) is 2.42. The van der Waals surface area contributed by atoms with Crippen molar-refractivity contribution in [2.24, 2.45) is 0 Å². The van der Waals surface area contributed by atoms with Gasteiger partial charge in [0.25, 0.3) is 0 Å². The zero-order valence-electron chi connectivity index (χ0n) is 10.3. The molecule has 2 aromatic rings. The number of rotatable bonds is 4. The van der Waals surface area contributed by atoms with Crippen molar-refractivity contribution in [3.8, 4) is 11.8 Å². The molecule has 2 aromatic carbocycles. The number of hydrogen-bond acceptors (Lipinski definition) is 4. The number of benzene rings is 2. The first-order chi connectivity index (χ1) is 9.48. The molecule has 0 atom stereocenters. The highest BCUT2D eigenvalue weighted by Gasteiger charge is 2.14. The summed E-state index contributed by atoms with van der Waals surface area (Å²) in [7, 11) is -3.74. The van der Waals surface area contributed by atoms with Crippen molar-refractivity contribution in [3.05, 3.63) is 63.2 Å². The normalized spacial score (nSPS) is 10.8. The van der Waals surface area contributed by atoms with Crippen LogP contribution in [-0.4, -0.2) is 8.42 Å². The van der Waals surface area contributed by atoms with Crippen molar-refractivity contribution in [1.29, 1.82) is 5.26 Å². The Labute approximate surface area is 131 Å². The summed E-state index contributed by atoms with van der Waals surface area (Å²) in [6.07, 6.45) is 0. The van der Waals surface area contributed by atoms with Crippen LogP contribution >= 0.6 is 22.6 Å². The standard InChI is InChI=1S/C14H10INO3S/c15-13-5-2-6-14(8-13)19-20(17,18)10-12-4-1-3-11(7-12)9-16/h1-8H,10H2. The van der Waals surface area contributed by atoms with Crippen LogP contribution in [0.2, 0.25) is 0 Å². The predicted molar refractivity (Wildman–Crippen MR) is 83.6 cm³/mol. The zero-order valence-corrected chi connectivity index (χ0v) is 13.3. The fourth-order valence-electron chi connectivity index (χ4n) is 1.63. The molecule has 4 nitrogen and oxygen atoms in total. The van der Waals surface area contributed by atoms with E-state index in [2.05, 4.69) is 22.6 Å². The summed E-state index contributed by atoms with van der Waals surface area (Å²) in [4.78, 5) is 0. The molecular weight excluding hydrogens is 389 g/mol. The minimum absolute atomic E-state index is 0.270. The van der Waals surface area contributed by atoms with Gasteiger partial charge in [-0.3, -0.25) is 0 Å². The van der Waals surface area contributed by atoms with Gasteiger partial charge in [-0.05, 0) is 58.5 Å². The van der Waals surface area contributed by atoms with Crippen molar-refractivity contribution in [2.75, 3.05) is 0 Å². The Hall–Kier alpha value is -1.59. The van der Waals surface area contributed by atoms with Crippen LogP contribution in [-0.2, 0) is 15.9 Å². The summed E-state index contributed by atoms with van der Waals surface area (Å²) in [5, 5.41) is 8.79. The molecule has 0 fully saturated rings. The molecule has 2 rings (SSSR count). The van der Waals surface area contributed by atoms with E-state index in [-0.39, 0.29) is 11.5 Å². The van der Waals surface area contributed by atoms with E-state index in [0.717, 1.165) is 3.57 Å². The van der Waals surface area contributed by atoms with Crippen molar-refractivity contribution in [1.82, 2.24) is 0 Å². The molecule has 0 N–H and O–H groups in total. The van der Waals surface area contributed by atoms with Crippen LogP contribution in [0.5, 0.6) is 5.75 Å². The Morgan fingerprint density at radius 2 is 1.90 bits per heavy atom. The van der Waals surface area contributed by atoms with Gasteiger partial charge in [0, 0.05) is 3.57 Å².